The van der Waals surface area contributed by atoms with Crippen molar-refractivity contribution in [3.05, 3.63) is 54.1 Å². The molecule has 0 aliphatic carbocycles. The van der Waals surface area contributed by atoms with E-state index in [1.807, 2.05) is 29.2 Å². The summed E-state index contributed by atoms with van der Waals surface area (Å²) in [5.74, 6) is -0.0558. The Bertz CT molecular complexity index is 703. The fourth-order valence-electron chi connectivity index (χ4n) is 2.91. The van der Waals surface area contributed by atoms with E-state index in [2.05, 4.69) is 36.2 Å². The van der Waals surface area contributed by atoms with Gasteiger partial charge in [0.2, 0.25) is 0 Å². The Morgan fingerprint density at radius 1 is 1.25 bits per heavy atom. The Kier molecular flexibility index (Phi) is 4.89. The number of benzene rings is 2. The van der Waals surface area contributed by atoms with E-state index in [1.165, 1.54) is 11.3 Å². The van der Waals surface area contributed by atoms with Gasteiger partial charge in [0, 0.05) is 19.3 Å². The van der Waals surface area contributed by atoms with Crippen LogP contribution < -0.4 is 14.5 Å². The quantitative estimate of drug-likeness (QED) is 0.884. The molecule has 1 heterocycles. The number of anilines is 2. The Labute approximate surface area is 142 Å². The maximum Gasteiger partial charge on any atom is 0.323 e. The van der Waals surface area contributed by atoms with Gasteiger partial charge in [-0.15, -0.1) is 0 Å². The summed E-state index contributed by atoms with van der Waals surface area (Å²) in [5, 5.41) is 9.07. The van der Waals surface area contributed by atoms with E-state index in [4.69, 9.17) is 9.84 Å². The fourth-order valence-corrected chi connectivity index (χ4v) is 2.91. The van der Waals surface area contributed by atoms with Crippen LogP contribution in [0.5, 0.6) is 5.75 Å². The normalized spacial score (nSPS) is 13.1. The number of para-hydroxylation sites is 1. The minimum absolute atomic E-state index is 0.00370. The van der Waals surface area contributed by atoms with Crippen molar-refractivity contribution in [1.82, 2.24) is 0 Å². The summed E-state index contributed by atoms with van der Waals surface area (Å²) in [6, 6.07) is 16.3. The largest absolute Gasteiger partial charge is 0.490 e. The van der Waals surface area contributed by atoms with Crippen molar-refractivity contribution < 1.29 is 14.6 Å². The highest BCUT2D eigenvalue weighted by Crippen LogP contribution is 2.32. The molecule has 0 aromatic heterocycles. The van der Waals surface area contributed by atoms with Gasteiger partial charge in [-0.25, -0.2) is 0 Å². The zero-order valence-corrected chi connectivity index (χ0v) is 13.8. The highest BCUT2D eigenvalue weighted by Gasteiger charge is 2.20. The lowest BCUT2D eigenvalue weighted by atomic mass is 10.1. The average Bonchev–Trinajstić information content (AvgIpc) is 2.60. The first-order valence-corrected chi connectivity index (χ1v) is 8.12. The highest BCUT2D eigenvalue weighted by atomic mass is 16.5. The number of carboxylic acid groups (broad SMARTS) is 1. The molecule has 1 aliphatic rings. The standard InChI is InChI=1S/C19H22N2O3/c1-20(16-5-3-2-4-6-16)10-9-15-7-8-18-17(13-15)21(11-12-24-18)14-19(22)23/h2-8,13H,9-12,14H2,1H3,(H,22,23). The van der Waals surface area contributed by atoms with Gasteiger partial charge in [0.1, 0.15) is 18.9 Å². The number of carboxylic acids is 1. The zero-order chi connectivity index (χ0) is 16.9. The van der Waals surface area contributed by atoms with E-state index < -0.39 is 5.97 Å². The van der Waals surface area contributed by atoms with Gasteiger partial charge in [-0.2, -0.15) is 0 Å². The molecule has 2 aromatic rings. The lowest BCUT2D eigenvalue weighted by molar-refractivity contribution is -0.135. The maximum absolute atomic E-state index is 11.0. The minimum atomic E-state index is -0.822. The van der Waals surface area contributed by atoms with Gasteiger partial charge in [0.25, 0.3) is 0 Å². The van der Waals surface area contributed by atoms with E-state index in [0.29, 0.717) is 13.2 Å². The second-order valence-electron chi connectivity index (χ2n) is 5.97. The molecule has 0 saturated carbocycles. The first kappa shape index (κ1) is 16.2. The van der Waals surface area contributed by atoms with E-state index in [1.54, 1.807) is 0 Å². The molecule has 1 N–H and O–H groups in total. The van der Waals surface area contributed by atoms with E-state index in [9.17, 15) is 4.79 Å². The molecular formula is C19H22N2O3. The lowest BCUT2D eigenvalue weighted by Crippen LogP contribution is -2.36. The number of nitrogens with zero attached hydrogens (tertiary/aromatic N) is 2. The Morgan fingerprint density at radius 2 is 2.04 bits per heavy atom. The van der Waals surface area contributed by atoms with Crippen molar-refractivity contribution >= 4 is 17.3 Å². The number of carbonyl (C=O) groups is 1. The SMILES string of the molecule is CN(CCc1ccc2c(c1)N(CC(=O)O)CCO2)c1ccccc1. The number of hydrogen-bond acceptors (Lipinski definition) is 4. The molecule has 0 amide bonds. The Balaban J connectivity index is 1.70. The van der Waals surface area contributed by atoms with Crippen molar-refractivity contribution in [1.29, 1.82) is 0 Å². The second-order valence-corrected chi connectivity index (χ2v) is 5.97. The predicted molar refractivity (Wildman–Crippen MR) is 95.2 cm³/mol. The molecule has 5 nitrogen and oxygen atoms in total. The molecule has 0 unspecified atom stereocenters. The van der Waals surface area contributed by atoms with E-state index >= 15 is 0 Å². The van der Waals surface area contributed by atoms with Crippen LogP contribution in [0.4, 0.5) is 11.4 Å². The molecule has 0 fully saturated rings. The molecule has 126 valence electrons. The maximum atomic E-state index is 11.0. The van der Waals surface area contributed by atoms with Gasteiger partial charge in [-0.1, -0.05) is 24.3 Å². The van der Waals surface area contributed by atoms with Crippen molar-refractivity contribution in [2.75, 3.05) is 43.1 Å². The zero-order valence-electron chi connectivity index (χ0n) is 13.8. The third-order valence-electron chi connectivity index (χ3n) is 4.24. The van der Waals surface area contributed by atoms with Crippen LogP contribution in [0.2, 0.25) is 0 Å². The summed E-state index contributed by atoms with van der Waals surface area (Å²) in [5.41, 5.74) is 3.24. The van der Waals surface area contributed by atoms with Gasteiger partial charge in [-0.3, -0.25) is 4.79 Å². The average molecular weight is 326 g/mol. The first-order valence-electron chi connectivity index (χ1n) is 8.12. The number of aliphatic carboxylic acids is 1. The lowest BCUT2D eigenvalue weighted by Gasteiger charge is -2.30. The summed E-state index contributed by atoms with van der Waals surface area (Å²) in [6.07, 6.45) is 0.888. The van der Waals surface area contributed by atoms with Crippen molar-refractivity contribution in [3.8, 4) is 5.75 Å². The molecule has 0 bridgehead atoms. The van der Waals surface area contributed by atoms with Crippen molar-refractivity contribution in [3.63, 3.8) is 0 Å². The van der Waals surface area contributed by atoms with Crippen LogP contribution in [0.3, 0.4) is 0 Å². The second kappa shape index (κ2) is 7.25. The van der Waals surface area contributed by atoms with Crippen LogP contribution in [-0.2, 0) is 11.2 Å². The van der Waals surface area contributed by atoms with Crippen LogP contribution >= 0.6 is 0 Å². The number of ether oxygens (including phenoxy) is 1. The molecule has 0 radical (unpaired) electrons. The van der Waals surface area contributed by atoms with Crippen LogP contribution in [-0.4, -0.2) is 44.4 Å². The highest BCUT2D eigenvalue weighted by molar-refractivity contribution is 5.75. The summed E-state index contributed by atoms with van der Waals surface area (Å²) in [4.78, 5) is 15.1. The fraction of sp³-hybridized carbons (Fsp3) is 0.316. The van der Waals surface area contributed by atoms with E-state index in [0.717, 1.165) is 24.4 Å². The number of rotatable bonds is 6. The van der Waals surface area contributed by atoms with Gasteiger partial charge < -0.3 is 19.6 Å². The summed E-state index contributed by atoms with van der Waals surface area (Å²) in [6.45, 7) is 2.02. The van der Waals surface area contributed by atoms with Gasteiger partial charge in [-0.05, 0) is 36.2 Å². The van der Waals surface area contributed by atoms with Gasteiger partial charge >= 0.3 is 5.97 Å². The van der Waals surface area contributed by atoms with Crippen molar-refractivity contribution in [2.24, 2.45) is 0 Å². The smallest absolute Gasteiger partial charge is 0.323 e. The third kappa shape index (κ3) is 3.79. The molecule has 3 rings (SSSR count). The number of fused-ring (bicyclic) bond motifs is 1. The number of hydrogen-bond donors (Lipinski definition) is 1. The number of likely N-dealkylation sites (N-methyl/N-ethyl adjacent to an activating group) is 1. The minimum Gasteiger partial charge on any atom is -0.490 e. The molecule has 0 spiro atoms. The van der Waals surface area contributed by atoms with Crippen LogP contribution in [0.25, 0.3) is 0 Å². The molecule has 0 saturated heterocycles. The Morgan fingerprint density at radius 3 is 2.79 bits per heavy atom. The van der Waals surface area contributed by atoms with E-state index in [-0.39, 0.29) is 6.54 Å². The third-order valence-corrected chi connectivity index (χ3v) is 4.24. The Hall–Kier alpha value is -2.69. The molecule has 5 heteroatoms. The topological polar surface area (TPSA) is 53.0 Å². The monoisotopic (exact) mass is 326 g/mol. The molecule has 24 heavy (non-hydrogen) atoms. The van der Waals surface area contributed by atoms with Crippen molar-refractivity contribution in [2.45, 2.75) is 6.42 Å². The van der Waals surface area contributed by atoms with Crippen LogP contribution in [0.15, 0.2) is 48.5 Å². The molecule has 2 aromatic carbocycles. The summed E-state index contributed by atoms with van der Waals surface area (Å²) >= 11 is 0. The molecular weight excluding hydrogens is 304 g/mol. The summed E-state index contributed by atoms with van der Waals surface area (Å²) < 4.78 is 5.64. The van der Waals surface area contributed by atoms with Gasteiger partial charge in [0.15, 0.2) is 0 Å². The van der Waals surface area contributed by atoms with Crippen LogP contribution in [0, 0.1) is 0 Å². The molecule has 1 aliphatic heterocycles. The summed E-state index contributed by atoms with van der Waals surface area (Å²) in [7, 11) is 2.08. The van der Waals surface area contributed by atoms with Crippen LogP contribution in [0.1, 0.15) is 5.56 Å². The molecule has 0 atom stereocenters. The first-order chi connectivity index (χ1) is 11.6. The van der Waals surface area contributed by atoms with Gasteiger partial charge in [0.05, 0.1) is 12.2 Å². The predicted octanol–water partition coefficient (Wildman–Crippen LogP) is 2.65.